The number of rotatable bonds is 5. The minimum absolute atomic E-state index is 0.118. The number of carbonyl (C=O) groups is 2. The fourth-order valence-electron chi connectivity index (χ4n) is 3.78. The van der Waals surface area contributed by atoms with Gasteiger partial charge in [-0.15, -0.1) is 0 Å². The van der Waals surface area contributed by atoms with Crippen LogP contribution in [0, 0.1) is 5.92 Å². The molecular formula is C22H27F2N7O3. The van der Waals surface area contributed by atoms with E-state index in [1.54, 1.807) is 17.1 Å². The summed E-state index contributed by atoms with van der Waals surface area (Å²) in [6.07, 6.45) is 8.07. The van der Waals surface area contributed by atoms with Gasteiger partial charge in [0, 0.05) is 50.4 Å². The first-order valence-corrected chi connectivity index (χ1v) is 11.2. The van der Waals surface area contributed by atoms with Crippen molar-refractivity contribution in [3.05, 3.63) is 30.4 Å². The van der Waals surface area contributed by atoms with E-state index in [2.05, 4.69) is 20.1 Å². The molecule has 1 saturated carbocycles. The number of aryl methyl sites for hydroxylation is 1. The van der Waals surface area contributed by atoms with E-state index >= 15 is 0 Å². The van der Waals surface area contributed by atoms with Crippen molar-refractivity contribution in [2.75, 3.05) is 13.1 Å². The molecule has 4 heterocycles. The fraction of sp³-hybridized carbons (Fsp3) is 0.500. The number of hydrogen-bond donors (Lipinski definition) is 3. The Bertz CT molecular complexity index is 1180. The third kappa shape index (κ3) is 5.22. The van der Waals surface area contributed by atoms with Gasteiger partial charge in [-0.1, -0.05) is 0 Å². The molecule has 2 aliphatic rings. The predicted octanol–water partition coefficient (Wildman–Crippen LogP) is 2.52. The van der Waals surface area contributed by atoms with Crippen LogP contribution >= 0.6 is 0 Å². The molecule has 0 spiro atoms. The molecule has 0 radical (unpaired) electrons. The molecule has 0 unspecified atom stereocenters. The van der Waals surface area contributed by atoms with Gasteiger partial charge >= 0.3 is 5.97 Å². The van der Waals surface area contributed by atoms with E-state index in [-0.39, 0.29) is 37.4 Å². The average molecular weight is 476 g/mol. The van der Waals surface area contributed by atoms with Gasteiger partial charge in [0.2, 0.25) is 5.91 Å². The van der Waals surface area contributed by atoms with Crippen LogP contribution in [0.3, 0.4) is 0 Å². The number of likely N-dealkylation sites (tertiary alicyclic amines) is 1. The number of nitrogens with zero attached hydrogens (tertiary/aromatic N) is 5. The highest BCUT2D eigenvalue weighted by Gasteiger charge is 2.40. The molecule has 1 saturated heterocycles. The van der Waals surface area contributed by atoms with Gasteiger partial charge < -0.3 is 20.7 Å². The van der Waals surface area contributed by atoms with Gasteiger partial charge in [-0.05, 0) is 25.7 Å². The van der Waals surface area contributed by atoms with Crippen LogP contribution in [0.2, 0.25) is 0 Å². The van der Waals surface area contributed by atoms with Crippen molar-refractivity contribution in [1.82, 2.24) is 29.6 Å². The molecule has 2 fully saturated rings. The molecular weight excluding hydrogens is 448 g/mol. The van der Waals surface area contributed by atoms with Gasteiger partial charge in [-0.2, -0.15) is 5.10 Å². The first-order valence-electron chi connectivity index (χ1n) is 11.2. The standard InChI is InChI=1S/C12H11N5O2.C10H16F2N2O/c1-2-17-6-7(3-15-17)9-5-14-11-10(16-9)8(4-13-11)12(18)19;11-10(12)3-5-14(6-4-10)9(15)8(13)7-1-2-7/h3-6H,2H2,1H3,(H,13,14)(H,18,19);7-8H,1-6,13H2/t;8-/m.1/s1. The summed E-state index contributed by atoms with van der Waals surface area (Å²) in [7, 11) is 0. The van der Waals surface area contributed by atoms with E-state index in [1.807, 2.05) is 13.1 Å². The molecule has 4 N–H and O–H groups in total. The largest absolute Gasteiger partial charge is 0.478 e. The van der Waals surface area contributed by atoms with Crippen molar-refractivity contribution in [2.45, 2.75) is 51.1 Å². The summed E-state index contributed by atoms with van der Waals surface area (Å²) in [6.45, 7) is 3.04. The van der Waals surface area contributed by atoms with Crippen LogP contribution in [0.5, 0.6) is 0 Å². The molecule has 3 aromatic heterocycles. The van der Waals surface area contributed by atoms with Gasteiger partial charge in [0.25, 0.3) is 5.92 Å². The Hall–Kier alpha value is -3.41. The average Bonchev–Trinajstić information content (AvgIpc) is 3.39. The van der Waals surface area contributed by atoms with E-state index in [0.29, 0.717) is 22.8 Å². The number of aromatic amines is 1. The number of carboxylic acids is 1. The summed E-state index contributed by atoms with van der Waals surface area (Å²) < 4.78 is 27.5. The molecule has 0 bridgehead atoms. The minimum atomic E-state index is -2.60. The van der Waals surface area contributed by atoms with Crippen molar-refractivity contribution in [3.8, 4) is 11.3 Å². The van der Waals surface area contributed by atoms with E-state index in [1.165, 1.54) is 11.1 Å². The highest BCUT2D eigenvalue weighted by molar-refractivity contribution is 6.00. The highest BCUT2D eigenvalue weighted by Crippen LogP contribution is 2.34. The molecule has 1 aliphatic carbocycles. The maximum absolute atomic E-state index is 12.8. The van der Waals surface area contributed by atoms with Crippen LogP contribution in [-0.2, 0) is 11.3 Å². The second-order valence-electron chi connectivity index (χ2n) is 8.59. The van der Waals surface area contributed by atoms with E-state index in [4.69, 9.17) is 10.8 Å². The van der Waals surface area contributed by atoms with Crippen molar-refractivity contribution < 1.29 is 23.5 Å². The van der Waals surface area contributed by atoms with E-state index in [9.17, 15) is 18.4 Å². The first-order chi connectivity index (χ1) is 16.2. The van der Waals surface area contributed by atoms with Crippen LogP contribution in [-0.4, -0.2) is 71.7 Å². The Kier molecular flexibility index (Phi) is 6.60. The van der Waals surface area contributed by atoms with E-state index < -0.39 is 17.9 Å². The Morgan fingerprint density at radius 3 is 2.59 bits per heavy atom. The quantitative estimate of drug-likeness (QED) is 0.514. The van der Waals surface area contributed by atoms with Gasteiger partial charge in [-0.3, -0.25) is 9.48 Å². The lowest BCUT2D eigenvalue weighted by Gasteiger charge is -2.33. The third-order valence-electron chi connectivity index (χ3n) is 6.09. The van der Waals surface area contributed by atoms with E-state index in [0.717, 1.165) is 24.9 Å². The lowest BCUT2D eigenvalue weighted by Crippen LogP contribution is -2.50. The number of aromatic nitrogens is 5. The number of nitrogens with one attached hydrogen (secondary N) is 1. The number of carboxylic acid groups (broad SMARTS) is 1. The van der Waals surface area contributed by atoms with Gasteiger partial charge in [0.15, 0.2) is 5.65 Å². The Balaban J connectivity index is 0.000000166. The molecule has 1 aliphatic heterocycles. The lowest BCUT2D eigenvalue weighted by molar-refractivity contribution is -0.139. The number of carbonyl (C=O) groups excluding carboxylic acids is 1. The zero-order chi connectivity index (χ0) is 24.5. The summed E-state index contributed by atoms with van der Waals surface area (Å²) in [4.78, 5) is 35.6. The molecule has 10 nitrogen and oxygen atoms in total. The van der Waals surface area contributed by atoms with Gasteiger partial charge in [0.05, 0.1) is 24.1 Å². The molecule has 1 amide bonds. The Labute approximate surface area is 194 Å². The normalized spacial score (nSPS) is 18.3. The first kappa shape index (κ1) is 23.7. The van der Waals surface area contributed by atoms with Gasteiger partial charge in [0.1, 0.15) is 11.1 Å². The molecule has 1 atom stereocenters. The third-order valence-corrected chi connectivity index (χ3v) is 6.09. The number of hydrogen-bond acceptors (Lipinski definition) is 6. The van der Waals surface area contributed by atoms with Crippen LogP contribution < -0.4 is 5.73 Å². The minimum Gasteiger partial charge on any atom is -0.478 e. The highest BCUT2D eigenvalue weighted by atomic mass is 19.3. The van der Waals surface area contributed by atoms with Crippen LogP contribution in [0.1, 0.15) is 43.0 Å². The summed E-state index contributed by atoms with van der Waals surface area (Å²) in [6, 6.07) is -0.461. The number of H-pyrrole nitrogens is 1. The van der Waals surface area contributed by atoms with Crippen molar-refractivity contribution >= 4 is 23.0 Å². The fourth-order valence-corrected chi connectivity index (χ4v) is 3.78. The monoisotopic (exact) mass is 475 g/mol. The molecule has 34 heavy (non-hydrogen) atoms. The molecule has 182 valence electrons. The zero-order valence-corrected chi connectivity index (χ0v) is 18.7. The van der Waals surface area contributed by atoms with Crippen molar-refractivity contribution in [2.24, 2.45) is 11.7 Å². The number of aromatic carboxylic acids is 1. The predicted molar refractivity (Wildman–Crippen MR) is 119 cm³/mol. The maximum atomic E-state index is 12.8. The molecule has 12 heteroatoms. The molecule has 3 aromatic rings. The number of piperidine rings is 1. The second kappa shape index (κ2) is 9.45. The zero-order valence-electron chi connectivity index (χ0n) is 18.7. The van der Waals surface area contributed by atoms with Gasteiger partial charge in [-0.25, -0.2) is 23.5 Å². The molecule has 5 rings (SSSR count). The Morgan fingerprint density at radius 2 is 2.00 bits per heavy atom. The van der Waals surface area contributed by atoms with Crippen LogP contribution in [0.4, 0.5) is 8.78 Å². The number of alkyl halides is 2. The summed E-state index contributed by atoms with van der Waals surface area (Å²) in [5.41, 5.74) is 8.10. The lowest BCUT2D eigenvalue weighted by atomic mass is 10.0. The van der Waals surface area contributed by atoms with Crippen molar-refractivity contribution in [1.29, 1.82) is 0 Å². The van der Waals surface area contributed by atoms with Crippen LogP contribution in [0.25, 0.3) is 22.4 Å². The number of amides is 1. The van der Waals surface area contributed by atoms with Crippen molar-refractivity contribution in [3.63, 3.8) is 0 Å². The summed E-state index contributed by atoms with van der Waals surface area (Å²) >= 11 is 0. The maximum Gasteiger partial charge on any atom is 0.339 e. The van der Waals surface area contributed by atoms with Crippen LogP contribution in [0.15, 0.2) is 24.8 Å². The SMILES string of the molecule is CCn1cc(-c2cnc3[nH]cc(C(=O)O)c3n2)cn1.N[C@@H](C(=O)N1CCC(F)(F)CC1)C1CC1. The Morgan fingerprint density at radius 1 is 1.29 bits per heavy atom. The summed E-state index contributed by atoms with van der Waals surface area (Å²) in [5, 5.41) is 13.2. The molecule has 0 aromatic carbocycles. The number of fused-ring (bicyclic) bond motifs is 1. The smallest absolute Gasteiger partial charge is 0.339 e. The topological polar surface area (TPSA) is 143 Å². The second-order valence-corrected chi connectivity index (χ2v) is 8.59. The number of halogens is 2. The summed E-state index contributed by atoms with van der Waals surface area (Å²) in [5.74, 6) is -3.48. The number of nitrogens with two attached hydrogens (primary N) is 1.